The molecule has 0 radical (unpaired) electrons. The molecule has 1 fully saturated rings. The maximum atomic E-state index is 13.9. The van der Waals surface area contributed by atoms with E-state index in [1.165, 1.54) is 12.1 Å². The average molecular weight is 425 g/mol. The van der Waals surface area contributed by atoms with Crippen LogP contribution < -0.4 is 5.32 Å². The molecule has 2 aromatic rings. The van der Waals surface area contributed by atoms with E-state index < -0.39 is 22.3 Å². The number of anilines is 1. The van der Waals surface area contributed by atoms with Crippen LogP contribution in [0.25, 0.3) is 0 Å². The van der Waals surface area contributed by atoms with E-state index in [1.807, 2.05) is 9.80 Å². The van der Waals surface area contributed by atoms with Crippen molar-refractivity contribution in [2.75, 3.05) is 38.0 Å². The van der Waals surface area contributed by atoms with Gasteiger partial charge in [0.25, 0.3) is 5.69 Å². The van der Waals surface area contributed by atoms with Crippen LogP contribution in [0, 0.1) is 21.7 Å². The number of nitrogens with zero attached hydrogens (tertiary/aromatic N) is 3. The molecule has 10 heteroatoms. The molecular weight excluding hydrogens is 406 g/mol. The second-order valence-electron chi connectivity index (χ2n) is 6.72. The first-order valence-electron chi connectivity index (χ1n) is 8.95. The molecule has 0 bridgehead atoms. The molecule has 0 saturated carbocycles. The van der Waals surface area contributed by atoms with Gasteiger partial charge in [-0.25, -0.2) is 8.78 Å². The molecule has 0 aliphatic carbocycles. The molecule has 3 rings (SSSR count). The van der Waals surface area contributed by atoms with Gasteiger partial charge in [-0.15, -0.1) is 0 Å². The van der Waals surface area contributed by atoms with E-state index >= 15 is 0 Å². The Morgan fingerprint density at radius 2 is 1.83 bits per heavy atom. The number of benzene rings is 2. The average Bonchev–Trinajstić information content (AvgIpc) is 2.67. The Bertz CT molecular complexity index is 900. The number of nitro groups is 1. The molecule has 1 aliphatic heterocycles. The summed E-state index contributed by atoms with van der Waals surface area (Å²) in [5, 5.41) is 13.9. The van der Waals surface area contributed by atoms with Gasteiger partial charge in [0.2, 0.25) is 5.91 Å². The lowest BCUT2D eigenvalue weighted by Crippen LogP contribution is -2.48. The molecule has 0 unspecified atom stereocenters. The third-order valence-electron chi connectivity index (χ3n) is 4.71. The normalized spacial score (nSPS) is 15.3. The van der Waals surface area contributed by atoms with Gasteiger partial charge in [-0.05, 0) is 24.3 Å². The van der Waals surface area contributed by atoms with Gasteiger partial charge >= 0.3 is 0 Å². The van der Waals surface area contributed by atoms with Gasteiger partial charge < -0.3 is 5.32 Å². The number of nitro benzene ring substituents is 1. The molecule has 154 valence electrons. The van der Waals surface area contributed by atoms with Gasteiger partial charge in [0.1, 0.15) is 17.3 Å². The molecular formula is C19H19ClF2N4O3. The predicted octanol–water partition coefficient (Wildman–Crippen LogP) is 3.28. The lowest BCUT2D eigenvalue weighted by Gasteiger charge is -2.34. The summed E-state index contributed by atoms with van der Waals surface area (Å²) < 4.78 is 27.1. The SMILES string of the molecule is O=C(CN1CCN(Cc2c(F)cccc2Cl)CC1)Nc1ccc(F)cc1[N+](=O)[O-]. The van der Waals surface area contributed by atoms with Crippen LogP contribution in [0.15, 0.2) is 36.4 Å². The summed E-state index contributed by atoms with van der Waals surface area (Å²) in [5.41, 5.74) is -0.0943. The molecule has 1 N–H and O–H groups in total. The summed E-state index contributed by atoms with van der Waals surface area (Å²) >= 11 is 6.07. The van der Waals surface area contributed by atoms with Crippen molar-refractivity contribution in [2.45, 2.75) is 6.54 Å². The fourth-order valence-corrected chi connectivity index (χ4v) is 3.39. The first-order valence-corrected chi connectivity index (χ1v) is 9.32. The number of nitrogens with one attached hydrogen (secondary N) is 1. The Balaban J connectivity index is 1.52. The minimum atomic E-state index is -0.749. The van der Waals surface area contributed by atoms with Crippen molar-refractivity contribution in [1.29, 1.82) is 0 Å². The van der Waals surface area contributed by atoms with E-state index in [2.05, 4.69) is 5.32 Å². The van der Waals surface area contributed by atoms with Crippen LogP contribution in [-0.4, -0.2) is 53.4 Å². The lowest BCUT2D eigenvalue weighted by atomic mass is 10.2. The zero-order chi connectivity index (χ0) is 21.0. The standard InChI is InChI=1S/C19H19ClF2N4O3/c20-15-2-1-3-16(22)14(15)11-24-6-8-25(9-7-24)12-19(27)23-17-5-4-13(21)10-18(17)26(28)29/h1-5,10H,6-9,11-12H2,(H,23,27). The molecule has 0 aromatic heterocycles. The maximum Gasteiger partial charge on any atom is 0.295 e. The summed E-state index contributed by atoms with van der Waals surface area (Å²) in [5.74, 6) is -1.52. The van der Waals surface area contributed by atoms with Crippen LogP contribution in [0.3, 0.4) is 0 Å². The highest BCUT2D eigenvalue weighted by Crippen LogP contribution is 2.25. The fourth-order valence-electron chi connectivity index (χ4n) is 3.17. The Hall–Kier alpha value is -2.62. The number of piperazine rings is 1. The number of amides is 1. The van der Waals surface area contributed by atoms with Gasteiger partial charge in [0, 0.05) is 43.3 Å². The van der Waals surface area contributed by atoms with Crippen molar-refractivity contribution >= 4 is 28.9 Å². The molecule has 0 spiro atoms. The summed E-state index contributed by atoms with van der Waals surface area (Å²) in [7, 11) is 0. The van der Waals surface area contributed by atoms with Gasteiger partial charge in [0.15, 0.2) is 0 Å². The third kappa shape index (κ3) is 5.47. The molecule has 29 heavy (non-hydrogen) atoms. The Kier molecular flexibility index (Phi) is 6.73. The lowest BCUT2D eigenvalue weighted by molar-refractivity contribution is -0.384. The topological polar surface area (TPSA) is 78.7 Å². The molecule has 1 heterocycles. The minimum absolute atomic E-state index is 0.0445. The number of hydrogen-bond donors (Lipinski definition) is 1. The van der Waals surface area contributed by atoms with Gasteiger partial charge in [-0.3, -0.25) is 24.7 Å². The number of carbonyl (C=O) groups excluding carboxylic acids is 1. The molecule has 1 aliphatic rings. The summed E-state index contributed by atoms with van der Waals surface area (Å²) in [6, 6.07) is 7.56. The van der Waals surface area contributed by atoms with Crippen molar-refractivity contribution in [1.82, 2.24) is 9.80 Å². The van der Waals surface area contributed by atoms with Gasteiger partial charge in [-0.2, -0.15) is 0 Å². The quantitative estimate of drug-likeness (QED) is 0.568. The molecule has 2 aromatic carbocycles. The van der Waals surface area contributed by atoms with Crippen molar-refractivity contribution in [2.24, 2.45) is 0 Å². The van der Waals surface area contributed by atoms with E-state index in [-0.39, 0.29) is 18.0 Å². The maximum absolute atomic E-state index is 13.9. The number of hydrogen-bond acceptors (Lipinski definition) is 5. The smallest absolute Gasteiger partial charge is 0.295 e. The second kappa shape index (κ2) is 9.25. The number of rotatable bonds is 6. The van der Waals surface area contributed by atoms with E-state index in [1.54, 1.807) is 12.1 Å². The molecule has 1 saturated heterocycles. The summed E-state index contributed by atoms with van der Waals surface area (Å²) in [6.45, 7) is 2.81. The van der Waals surface area contributed by atoms with Gasteiger partial charge in [0.05, 0.1) is 17.5 Å². The zero-order valence-corrected chi connectivity index (χ0v) is 16.2. The zero-order valence-electron chi connectivity index (χ0n) is 15.4. The Labute approximate surface area is 171 Å². The monoisotopic (exact) mass is 424 g/mol. The first kappa shape index (κ1) is 21.1. The summed E-state index contributed by atoms with van der Waals surface area (Å²) in [4.78, 5) is 26.5. The Morgan fingerprint density at radius 1 is 1.14 bits per heavy atom. The van der Waals surface area contributed by atoms with Crippen LogP contribution in [0.2, 0.25) is 5.02 Å². The van der Waals surface area contributed by atoms with Gasteiger partial charge in [-0.1, -0.05) is 17.7 Å². The minimum Gasteiger partial charge on any atom is -0.319 e. The highest BCUT2D eigenvalue weighted by atomic mass is 35.5. The van der Waals surface area contributed by atoms with E-state index in [0.29, 0.717) is 43.3 Å². The third-order valence-corrected chi connectivity index (χ3v) is 5.06. The second-order valence-corrected chi connectivity index (χ2v) is 7.13. The Morgan fingerprint density at radius 3 is 2.48 bits per heavy atom. The molecule has 0 atom stereocenters. The van der Waals surface area contributed by atoms with Crippen molar-refractivity contribution in [3.05, 3.63) is 68.7 Å². The summed E-state index contributed by atoms with van der Waals surface area (Å²) in [6.07, 6.45) is 0. The fraction of sp³-hybridized carbons (Fsp3) is 0.316. The number of carbonyl (C=O) groups is 1. The number of halogens is 3. The van der Waals surface area contributed by atoms with Crippen LogP contribution in [0.5, 0.6) is 0 Å². The van der Waals surface area contributed by atoms with Crippen molar-refractivity contribution in [3.8, 4) is 0 Å². The van der Waals surface area contributed by atoms with Crippen molar-refractivity contribution in [3.63, 3.8) is 0 Å². The van der Waals surface area contributed by atoms with Crippen LogP contribution in [0.4, 0.5) is 20.2 Å². The first-order chi connectivity index (χ1) is 13.8. The van der Waals surface area contributed by atoms with E-state index in [9.17, 15) is 23.7 Å². The highest BCUT2D eigenvalue weighted by molar-refractivity contribution is 6.31. The van der Waals surface area contributed by atoms with E-state index in [4.69, 9.17) is 11.6 Å². The highest BCUT2D eigenvalue weighted by Gasteiger charge is 2.22. The van der Waals surface area contributed by atoms with E-state index in [0.717, 1.165) is 12.1 Å². The predicted molar refractivity (Wildman–Crippen MR) is 105 cm³/mol. The molecule has 7 nitrogen and oxygen atoms in total. The van der Waals surface area contributed by atoms with Crippen molar-refractivity contribution < 1.29 is 18.5 Å². The largest absolute Gasteiger partial charge is 0.319 e. The van der Waals surface area contributed by atoms with Crippen LogP contribution in [0.1, 0.15) is 5.56 Å². The van der Waals surface area contributed by atoms with Crippen LogP contribution in [-0.2, 0) is 11.3 Å². The van der Waals surface area contributed by atoms with Crippen LogP contribution >= 0.6 is 11.6 Å². The molecule has 1 amide bonds.